The molecule has 0 saturated heterocycles. The van der Waals surface area contributed by atoms with Crippen LogP contribution >= 0.6 is 11.3 Å². The molecule has 1 N–H and O–H groups in total. The highest BCUT2D eigenvalue weighted by Gasteiger charge is 2.22. The molecule has 0 radical (unpaired) electrons. The number of amides is 1. The molecule has 0 fully saturated rings. The van der Waals surface area contributed by atoms with Gasteiger partial charge in [-0.1, -0.05) is 24.3 Å². The largest absolute Gasteiger partial charge is 0.481 e. The molecule has 2 rings (SSSR count). The van der Waals surface area contributed by atoms with Crippen LogP contribution in [-0.2, 0) is 4.79 Å². The second-order valence-electron chi connectivity index (χ2n) is 4.88. The van der Waals surface area contributed by atoms with Crippen molar-refractivity contribution in [2.45, 2.75) is 13.3 Å². The minimum atomic E-state index is -0.959. The number of carboxylic acid groups (broad SMARTS) is 1. The molecule has 0 saturated carbocycles. The summed E-state index contributed by atoms with van der Waals surface area (Å²) in [6, 6.07) is 10.1. The van der Waals surface area contributed by atoms with Crippen LogP contribution in [0.2, 0.25) is 0 Å². The Morgan fingerprint density at radius 3 is 2.35 bits per heavy atom. The van der Waals surface area contributed by atoms with Gasteiger partial charge in [-0.05, 0) is 24.4 Å². The lowest BCUT2D eigenvalue weighted by Gasteiger charge is -2.21. The van der Waals surface area contributed by atoms with Crippen LogP contribution in [0.3, 0.4) is 0 Å². The summed E-state index contributed by atoms with van der Waals surface area (Å²) in [6.45, 7) is 2.28. The Hall–Kier alpha value is -2.47. The fourth-order valence-electron chi connectivity index (χ4n) is 2.21. The maximum absolute atomic E-state index is 12.7. The molecule has 1 heterocycles. The predicted octanol–water partition coefficient (Wildman–Crippen LogP) is 2.92. The monoisotopic (exact) mass is 331 g/mol. The van der Waals surface area contributed by atoms with Gasteiger partial charge in [0.25, 0.3) is 5.91 Å². The van der Waals surface area contributed by atoms with Gasteiger partial charge in [-0.25, -0.2) is 0 Å². The number of rotatable bonds is 7. The van der Waals surface area contributed by atoms with E-state index in [4.69, 9.17) is 5.11 Å². The molecule has 2 aromatic rings. The van der Waals surface area contributed by atoms with Gasteiger partial charge in [-0.2, -0.15) is 0 Å². The molecule has 0 aliphatic heterocycles. The first-order chi connectivity index (χ1) is 11.0. The van der Waals surface area contributed by atoms with Gasteiger partial charge in [0.1, 0.15) is 0 Å². The van der Waals surface area contributed by atoms with Crippen molar-refractivity contribution in [1.82, 2.24) is 4.90 Å². The molecule has 0 aliphatic carbocycles. The number of hydrogen-bond donors (Lipinski definition) is 1. The number of thiophene rings is 1. The third-order valence-electron chi connectivity index (χ3n) is 3.41. The van der Waals surface area contributed by atoms with E-state index in [1.54, 1.807) is 43.3 Å². The molecule has 0 bridgehead atoms. The quantitative estimate of drug-likeness (QED) is 0.792. The molecule has 6 heteroatoms. The average molecular weight is 331 g/mol. The summed E-state index contributed by atoms with van der Waals surface area (Å²) in [5.41, 5.74) is 0.645. The first-order valence-corrected chi connectivity index (χ1v) is 8.10. The third kappa shape index (κ3) is 4.04. The SMILES string of the molecule is CCN(CCC(=O)O)C(=O)c1ccccc1C(=O)c1cccs1. The van der Waals surface area contributed by atoms with Crippen LogP contribution in [0, 0.1) is 0 Å². The molecular weight excluding hydrogens is 314 g/mol. The van der Waals surface area contributed by atoms with E-state index in [9.17, 15) is 14.4 Å². The Labute approximate surface area is 138 Å². The van der Waals surface area contributed by atoms with Gasteiger partial charge in [0.2, 0.25) is 5.78 Å². The number of nitrogens with zero attached hydrogens (tertiary/aromatic N) is 1. The van der Waals surface area contributed by atoms with Crippen LogP contribution in [0.25, 0.3) is 0 Å². The summed E-state index contributed by atoms with van der Waals surface area (Å²) in [4.78, 5) is 37.9. The summed E-state index contributed by atoms with van der Waals surface area (Å²) >= 11 is 1.32. The van der Waals surface area contributed by atoms with Crippen molar-refractivity contribution >= 4 is 29.0 Å². The lowest BCUT2D eigenvalue weighted by atomic mass is 10.0. The number of ketones is 1. The van der Waals surface area contributed by atoms with Crippen LogP contribution in [0.5, 0.6) is 0 Å². The van der Waals surface area contributed by atoms with Gasteiger partial charge in [0.15, 0.2) is 0 Å². The molecule has 1 aromatic carbocycles. The fraction of sp³-hybridized carbons (Fsp3) is 0.235. The second-order valence-corrected chi connectivity index (χ2v) is 5.83. The van der Waals surface area contributed by atoms with Gasteiger partial charge in [0, 0.05) is 18.7 Å². The lowest BCUT2D eigenvalue weighted by Crippen LogP contribution is -2.33. The van der Waals surface area contributed by atoms with Gasteiger partial charge in [0.05, 0.1) is 16.9 Å². The van der Waals surface area contributed by atoms with E-state index < -0.39 is 5.97 Å². The molecule has 0 spiro atoms. The van der Waals surface area contributed by atoms with Crippen LogP contribution in [-0.4, -0.2) is 40.8 Å². The number of hydrogen-bond acceptors (Lipinski definition) is 4. The maximum Gasteiger partial charge on any atom is 0.305 e. The Kier molecular flexibility index (Phi) is 5.65. The minimum Gasteiger partial charge on any atom is -0.481 e. The molecule has 1 amide bonds. The molecule has 23 heavy (non-hydrogen) atoms. The first kappa shape index (κ1) is 16.9. The standard InChI is InChI=1S/C17H17NO4S/c1-2-18(10-9-15(19)20)17(22)13-7-4-3-6-12(13)16(21)14-8-5-11-23-14/h3-8,11H,2,9-10H2,1H3,(H,19,20). The predicted molar refractivity (Wildman–Crippen MR) is 88.0 cm³/mol. The smallest absolute Gasteiger partial charge is 0.305 e. The van der Waals surface area contributed by atoms with Crippen molar-refractivity contribution in [3.05, 3.63) is 57.8 Å². The summed E-state index contributed by atoms with van der Waals surface area (Å²) in [5, 5.41) is 10.6. The van der Waals surface area contributed by atoms with E-state index in [2.05, 4.69) is 0 Å². The normalized spacial score (nSPS) is 10.3. The van der Waals surface area contributed by atoms with E-state index in [-0.39, 0.29) is 24.7 Å². The topological polar surface area (TPSA) is 74.7 Å². The zero-order valence-corrected chi connectivity index (χ0v) is 13.5. The summed E-state index contributed by atoms with van der Waals surface area (Å²) < 4.78 is 0. The van der Waals surface area contributed by atoms with Crippen molar-refractivity contribution in [3.8, 4) is 0 Å². The Bertz CT molecular complexity index is 709. The van der Waals surface area contributed by atoms with Crippen LogP contribution in [0.1, 0.15) is 38.9 Å². The van der Waals surface area contributed by atoms with Gasteiger partial charge < -0.3 is 10.0 Å². The number of carbonyl (C=O) groups is 3. The van der Waals surface area contributed by atoms with Crippen LogP contribution < -0.4 is 0 Å². The van der Waals surface area contributed by atoms with Crippen molar-refractivity contribution in [2.24, 2.45) is 0 Å². The Morgan fingerprint density at radius 1 is 1.09 bits per heavy atom. The van der Waals surface area contributed by atoms with Crippen LogP contribution in [0.4, 0.5) is 0 Å². The van der Waals surface area contributed by atoms with Crippen molar-refractivity contribution in [1.29, 1.82) is 0 Å². The van der Waals surface area contributed by atoms with E-state index in [1.807, 2.05) is 5.38 Å². The molecule has 120 valence electrons. The van der Waals surface area contributed by atoms with E-state index >= 15 is 0 Å². The number of carbonyl (C=O) groups excluding carboxylic acids is 2. The fourth-order valence-corrected chi connectivity index (χ4v) is 2.89. The highest BCUT2D eigenvalue weighted by molar-refractivity contribution is 7.12. The Balaban J connectivity index is 2.30. The second kappa shape index (κ2) is 7.69. The summed E-state index contributed by atoms with van der Waals surface area (Å²) in [5.74, 6) is -1.48. The van der Waals surface area contributed by atoms with Gasteiger partial charge in [-0.15, -0.1) is 11.3 Å². The average Bonchev–Trinajstić information content (AvgIpc) is 3.08. The Morgan fingerprint density at radius 2 is 1.78 bits per heavy atom. The van der Waals surface area contributed by atoms with Crippen molar-refractivity contribution in [3.63, 3.8) is 0 Å². The molecule has 0 unspecified atom stereocenters. The summed E-state index contributed by atoms with van der Waals surface area (Å²) in [6.07, 6.45) is -0.124. The number of carboxylic acids is 1. The molecule has 0 aliphatic rings. The van der Waals surface area contributed by atoms with E-state index in [1.165, 1.54) is 16.2 Å². The number of aliphatic carboxylic acids is 1. The van der Waals surface area contributed by atoms with Crippen LogP contribution in [0.15, 0.2) is 41.8 Å². The van der Waals surface area contributed by atoms with E-state index in [0.29, 0.717) is 22.5 Å². The third-order valence-corrected chi connectivity index (χ3v) is 4.28. The van der Waals surface area contributed by atoms with Gasteiger partial charge in [-0.3, -0.25) is 14.4 Å². The number of benzene rings is 1. The first-order valence-electron chi connectivity index (χ1n) is 7.23. The van der Waals surface area contributed by atoms with E-state index in [0.717, 1.165) is 0 Å². The van der Waals surface area contributed by atoms with Gasteiger partial charge >= 0.3 is 5.97 Å². The highest BCUT2D eigenvalue weighted by atomic mass is 32.1. The molecule has 1 aromatic heterocycles. The molecule has 0 atom stereocenters. The van der Waals surface area contributed by atoms with Crippen molar-refractivity contribution in [2.75, 3.05) is 13.1 Å². The zero-order valence-electron chi connectivity index (χ0n) is 12.7. The summed E-state index contributed by atoms with van der Waals surface area (Å²) in [7, 11) is 0. The van der Waals surface area contributed by atoms with Crippen molar-refractivity contribution < 1.29 is 19.5 Å². The molecule has 5 nitrogen and oxygen atoms in total. The highest BCUT2D eigenvalue weighted by Crippen LogP contribution is 2.19. The molecular formula is C17H17NO4S. The zero-order chi connectivity index (χ0) is 16.8. The minimum absolute atomic E-state index is 0.117. The maximum atomic E-state index is 12.7. The lowest BCUT2D eigenvalue weighted by molar-refractivity contribution is -0.137.